The largest absolute Gasteiger partial charge is 0.385 e. The number of rotatable bonds is 10. The van der Waals surface area contributed by atoms with Crippen LogP contribution in [0.5, 0.6) is 0 Å². The second kappa shape index (κ2) is 12.1. The van der Waals surface area contributed by atoms with Crippen molar-refractivity contribution in [2.24, 2.45) is 5.92 Å². The molecule has 3 rings (SSSR count). The molecular formula is C25H33N3O5S. The molecule has 0 unspecified atom stereocenters. The first-order valence-corrected chi connectivity index (χ1v) is 13.0. The van der Waals surface area contributed by atoms with Crippen LogP contribution in [-0.4, -0.2) is 63.9 Å². The number of nitrogens with one attached hydrogen (secondary N) is 2. The normalized spacial score (nSPS) is 16.1. The van der Waals surface area contributed by atoms with Gasteiger partial charge in [-0.3, -0.25) is 9.59 Å². The Morgan fingerprint density at radius 2 is 1.71 bits per heavy atom. The summed E-state index contributed by atoms with van der Waals surface area (Å²) in [6, 6.07) is 14.8. The standard InChI is InChI=1S/C25H33N3O5S/c1-19-9-11-22(12-10-19)34(31,32)28-16-13-20(14-17-28)23(25(30)26-15-6-18-33-2)27-24(29)21-7-4-3-5-8-21/h3-5,7-12,20,23H,6,13-18H2,1-2H3,(H,26,30)(H,27,29)/t23-/m1/s1. The average molecular weight is 488 g/mol. The molecule has 34 heavy (non-hydrogen) atoms. The van der Waals surface area contributed by atoms with Gasteiger partial charge in [-0.1, -0.05) is 35.9 Å². The van der Waals surface area contributed by atoms with Gasteiger partial charge in [-0.2, -0.15) is 4.31 Å². The van der Waals surface area contributed by atoms with Crippen molar-refractivity contribution in [3.8, 4) is 0 Å². The Kier molecular flexibility index (Phi) is 9.20. The Hall–Kier alpha value is -2.75. The highest BCUT2D eigenvalue weighted by Gasteiger charge is 2.36. The predicted octanol–water partition coefficient (Wildman–Crippen LogP) is 2.35. The van der Waals surface area contributed by atoms with Crippen LogP contribution in [0.25, 0.3) is 0 Å². The number of nitrogens with zero attached hydrogens (tertiary/aromatic N) is 1. The van der Waals surface area contributed by atoms with E-state index in [-0.39, 0.29) is 35.7 Å². The molecule has 2 aromatic carbocycles. The molecule has 184 valence electrons. The Labute approximate surface area is 201 Å². The van der Waals surface area contributed by atoms with E-state index in [4.69, 9.17) is 4.74 Å². The molecule has 8 nitrogen and oxygen atoms in total. The molecule has 0 aromatic heterocycles. The van der Waals surface area contributed by atoms with Crippen molar-refractivity contribution < 1.29 is 22.7 Å². The first kappa shape index (κ1) is 25.9. The molecule has 2 amide bonds. The highest BCUT2D eigenvalue weighted by atomic mass is 32.2. The summed E-state index contributed by atoms with van der Waals surface area (Å²) in [5, 5.41) is 5.76. The van der Waals surface area contributed by atoms with E-state index in [1.165, 1.54) is 4.31 Å². The van der Waals surface area contributed by atoms with Crippen LogP contribution in [0.3, 0.4) is 0 Å². The van der Waals surface area contributed by atoms with Crippen molar-refractivity contribution in [2.75, 3.05) is 33.4 Å². The zero-order valence-corrected chi connectivity index (χ0v) is 20.5. The van der Waals surface area contributed by atoms with E-state index >= 15 is 0 Å². The number of ether oxygens (including phenoxy) is 1. The van der Waals surface area contributed by atoms with Gasteiger partial charge in [0.15, 0.2) is 0 Å². The molecule has 9 heteroatoms. The summed E-state index contributed by atoms with van der Waals surface area (Å²) in [7, 11) is -2.00. The van der Waals surface area contributed by atoms with Gasteiger partial charge in [0.25, 0.3) is 5.91 Å². The SMILES string of the molecule is COCCCNC(=O)[C@H](NC(=O)c1ccccc1)C1CCN(S(=O)(=O)c2ccc(C)cc2)CC1. The fourth-order valence-corrected chi connectivity index (χ4v) is 5.53. The number of hydrogen-bond acceptors (Lipinski definition) is 5. The van der Waals surface area contributed by atoms with Gasteiger partial charge in [-0.25, -0.2) is 8.42 Å². The molecule has 1 atom stereocenters. The topological polar surface area (TPSA) is 105 Å². The van der Waals surface area contributed by atoms with Gasteiger partial charge in [-0.15, -0.1) is 0 Å². The molecule has 1 heterocycles. The monoisotopic (exact) mass is 487 g/mol. The van der Waals surface area contributed by atoms with Crippen LogP contribution in [0.2, 0.25) is 0 Å². The molecule has 0 radical (unpaired) electrons. The van der Waals surface area contributed by atoms with Gasteiger partial charge in [0.1, 0.15) is 6.04 Å². The minimum Gasteiger partial charge on any atom is -0.385 e. The molecule has 1 fully saturated rings. The van der Waals surface area contributed by atoms with Gasteiger partial charge in [0, 0.05) is 38.9 Å². The molecule has 1 saturated heterocycles. The molecule has 0 aliphatic carbocycles. The first-order valence-electron chi connectivity index (χ1n) is 11.5. The number of sulfonamides is 1. The third-order valence-electron chi connectivity index (χ3n) is 6.06. The number of hydrogen-bond donors (Lipinski definition) is 2. The summed E-state index contributed by atoms with van der Waals surface area (Å²) in [4.78, 5) is 26.1. The minimum absolute atomic E-state index is 0.181. The lowest BCUT2D eigenvalue weighted by Crippen LogP contribution is -2.54. The maximum absolute atomic E-state index is 13.0. The number of amides is 2. The maximum atomic E-state index is 13.0. The quantitative estimate of drug-likeness (QED) is 0.501. The van der Waals surface area contributed by atoms with Crippen LogP contribution >= 0.6 is 0 Å². The summed E-state index contributed by atoms with van der Waals surface area (Å²) >= 11 is 0. The summed E-state index contributed by atoms with van der Waals surface area (Å²) < 4.78 is 32.6. The average Bonchev–Trinajstić information content (AvgIpc) is 2.86. The van der Waals surface area contributed by atoms with Crippen LogP contribution in [0, 0.1) is 12.8 Å². The lowest BCUT2D eigenvalue weighted by molar-refractivity contribution is -0.124. The number of carbonyl (C=O) groups excluding carboxylic acids is 2. The lowest BCUT2D eigenvalue weighted by atomic mass is 9.89. The Balaban J connectivity index is 1.69. The molecule has 0 bridgehead atoms. The van der Waals surface area contributed by atoms with Gasteiger partial charge in [0.2, 0.25) is 15.9 Å². The van der Waals surface area contributed by atoms with Crippen molar-refractivity contribution in [2.45, 2.75) is 37.1 Å². The second-order valence-electron chi connectivity index (χ2n) is 8.51. The van der Waals surface area contributed by atoms with E-state index in [1.807, 2.05) is 13.0 Å². The van der Waals surface area contributed by atoms with E-state index < -0.39 is 16.1 Å². The molecule has 0 spiro atoms. The van der Waals surface area contributed by atoms with E-state index in [9.17, 15) is 18.0 Å². The summed E-state index contributed by atoms with van der Waals surface area (Å²) in [6.07, 6.45) is 1.60. The fraction of sp³-hybridized carbons (Fsp3) is 0.440. The van der Waals surface area contributed by atoms with Crippen LogP contribution in [-0.2, 0) is 19.6 Å². The highest BCUT2D eigenvalue weighted by Crippen LogP contribution is 2.26. The predicted molar refractivity (Wildman–Crippen MR) is 130 cm³/mol. The van der Waals surface area contributed by atoms with Crippen molar-refractivity contribution in [3.05, 3.63) is 65.7 Å². The van der Waals surface area contributed by atoms with Gasteiger partial charge < -0.3 is 15.4 Å². The van der Waals surface area contributed by atoms with Crippen molar-refractivity contribution in [1.82, 2.24) is 14.9 Å². The molecule has 1 aliphatic heterocycles. The van der Waals surface area contributed by atoms with E-state index in [1.54, 1.807) is 55.6 Å². The Morgan fingerprint density at radius 1 is 1.06 bits per heavy atom. The summed E-state index contributed by atoms with van der Waals surface area (Å²) in [5.74, 6) is -0.771. The number of methoxy groups -OCH3 is 1. The van der Waals surface area contributed by atoms with E-state index in [0.29, 0.717) is 38.0 Å². The van der Waals surface area contributed by atoms with Crippen LogP contribution in [0.1, 0.15) is 35.2 Å². The first-order chi connectivity index (χ1) is 16.3. The second-order valence-corrected chi connectivity index (χ2v) is 10.4. The molecular weight excluding hydrogens is 454 g/mol. The number of benzene rings is 2. The Bertz CT molecular complexity index is 1050. The third-order valence-corrected chi connectivity index (χ3v) is 7.97. The summed E-state index contributed by atoms with van der Waals surface area (Å²) in [6.45, 7) is 3.44. The fourth-order valence-electron chi connectivity index (χ4n) is 4.06. The van der Waals surface area contributed by atoms with E-state index in [0.717, 1.165) is 5.56 Å². The molecule has 2 aromatic rings. The van der Waals surface area contributed by atoms with Crippen LogP contribution < -0.4 is 10.6 Å². The van der Waals surface area contributed by atoms with Gasteiger partial charge in [-0.05, 0) is 56.4 Å². The van der Waals surface area contributed by atoms with Crippen LogP contribution in [0.4, 0.5) is 0 Å². The number of carbonyl (C=O) groups is 2. The number of piperidine rings is 1. The molecule has 0 saturated carbocycles. The van der Waals surface area contributed by atoms with Crippen LogP contribution in [0.15, 0.2) is 59.5 Å². The zero-order chi connectivity index (χ0) is 24.6. The van der Waals surface area contributed by atoms with E-state index in [2.05, 4.69) is 10.6 Å². The minimum atomic E-state index is -3.60. The Morgan fingerprint density at radius 3 is 2.32 bits per heavy atom. The molecule has 2 N–H and O–H groups in total. The van der Waals surface area contributed by atoms with Gasteiger partial charge >= 0.3 is 0 Å². The highest BCUT2D eigenvalue weighted by molar-refractivity contribution is 7.89. The van der Waals surface area contributed by atoms with Crippen molar-refractivity contribution >= 4 is 21.8 Å². The molecule has 1 aliphatic rings. The number of aryl methyl sites for hydroxylation is 1. The maximum Gasteiger partial charge on any atom is 0.251 e. The smallest absolute Gasteiger partial charge is 0.251 e. The van der Waals surface area contributed by atoms with Crippen molar-refractivity contribution in [1.29, 1.82) is 0 Å². The third kappa shape index (κ3) is 6.65. The lowest BCUT2D eigenvalue weighted by Gasteiger charge is -2.35. The zero-order valence-electron chi connectivity index (χ0n) is 19.7. The van der Waals surface area contributed by atoms with Gasteiger partial charge in [0.05, 0.1) is 4.90 Å². The summed E-state index contributed by atoms with van der Waals surface area (Å²) in [5.41, 5.74) is 1.46. The van der Waals surface area contributed by atoms with Crippen molar-refractivity contribution in [3.63, 3.8) is 0 Å².